The Morgan fingerprint density at radius 2 is 1.59 bits per heavy atom. The quantitative estimate of drug-likeness (QED) is 0.653. The van der Waals surface area contributed by atoms with E-state index in [1.807, 2.05) is 0 Å². The van der Waals surface area contributed by atoms with Crippen molar-refractivity contribution in [3.63, 3.8) is 0 Å². The van der Waals surface area contributed by atoms with E-state index >= 15 is 0 Å². The number of carbonyl (C=O) groups excluding carboxylic acids is 1. The molecule has 3 aliphatic rings. The average molecular weight is 452 g/mol. The van der Waals surface area contributed by atoms with Crippen LogP contribution in [-0.2, 0) is 38.4 Å². The third-order valence-corrected chi connectivity index (χ3v) is 11.1. The molecular weight excluding hydrogens is 418 g/mol. The first kappa shape index (κ1) is 23.1. The molecule has 1 amide bonds. The van der Waals surface area contributed by atoms with Gasteiger partial charge in [-0.3, -0.25) is 8.37 Å². The SMILES string of the molecule is CC(C)(C)OC(=O)N[C@H]1[C@@H](O[Si](C)(C)C(C)(C)C)[C@@H]2OCO[C@@H]2[C@@H]2OS(=O)O[C@H]12. The summed E-state index contributed by atoms with van der Waals surface area (Å²) in [4.78, 5) is 12.6. The summed E-state index contributed by atoms with van der Waals surface area (Å²) in [6, 6.07) is -0.668. The van der Waals surface area contributed by atoms with Crippen LogP contribution in [0.5, 0.6) is 0 Å². The minimum Gasteiger partial charge on any atom is -0.444 e. The first-order valence-electron chi connectivity index (χ1n) is 9.86. The fourth-order valence-corrected chi connectivity index (χ4v) is 5.60. The maximum Gasteiger partial charge on any atom is 0.408 e. The summed E-state index contributed by atoms with van der Waals surface area (Å²) in [5, 5.41) is 2.80. The van der Waals surface area contributed by atoms with E-state index in [2.05, 4.69) is 39.2 Å². The Balaban J connectivity index is 1.92. The minimum absolute atomic E-state index is 0.0644. The number of ether oxygens (including phenoxy) is 3. The van der Waals surface area contributed by atoms with E-state index in [9.17, 15) is 9.00 Å². The highest BCUT2D eigenvalue weighted by atomic mass is 32.2. The van der Waals surface area contributed by atoms with E-state index in [4.69, 9.17) is 27.0 Å². The molecule has 3 fully saturated rings. The molecule has 2 saturated heterocycles. The molecule has 11 heteroatoms. The van der Waals surface area contributed by atoms with Gasteiger partial charge in [-0.2, -0.15) is 4.21 Å². The van der Waals surface area contributed by atoms with Gasteiger partial charge in [0.25, 0.3) is 0 Å². The summed E-state index contributed by atoms with van der Waals surface area (Å²) in [6.07, 6.45) is -3.48. The second kappa shape index (κ2) is 7.85. The molecule has 0 aromatic heterocycles. The zero-order valence-electron chi connectivity index (χ0n) is 18.3. The Morgan fingerprint density at radius 3 is 2.17 bits per heavy atom. The third kappa shape index (κ3) is 4.86. The number of carbonyl (C=O) groups is 1. The molecule has 0 spiro atoms. The smallest absolute Gasteiger partial charge is 0.408 e. The van der Waals surface area contributed by atoms with Crippen LogP contribution >= 0.6 is 0 Å². The van der Waals surface area contributed by atoms with Crippen LogP contribution in [0.4, 0.5) is 4.79 Å². The molecule has 1 N–H and O–H groups in total. The molecular formula is C18H33NO8SSi. The Kier molecular flexibility index (Phi) is 6.25. The van der Waals surface area contributed by atoms with Crippen LogP contribution in [0.3, 0.4) is 0 Å². The highest BCUT2D eigenvalue weighted by Crippen LogP contribution is 2.43. The second-order valence-electron chi connectivity index (χ2n) is 10.2. The highest BCUT2D eigenvalue weighted by molar-refractivity contribution is 7.75. The number of hydrogen-bond donors (Lipinski definition) is 1. The van der Waals surface area contributed by atoms with Gasteiger partial charge in [0.15, 0.2) is 8.32 Å². The van der Waals surface area contributed by atoms with Crippen molar-refractivity contribution in [2.24, 2.45) is 0 Å². The van der Waals surface area contributed by atoms with E-state index in [0.29, 0.717) is 0 Å². The van der Waals surface area contributed by atoms with Gasteiger partial charge in [0.05, 0.1) is 12.1 Å². The van der Waals surface area contributed by atoms with E-state index in [1.54, 1.807) is 20.8 Å². The third-order valence-electron chi connectivity index (χ3n) is 5.82. The monoisotopic (exact) mass is 451 g/mol. The first-order valence-corrected chi connectivity index (χ1v) is 13.8. The van der Waals surface area contributed by atoms with Gasteiger partial charge in [-0.25, -0.2) is 4.79 Å². The molecule has 1 aliphatic carbocycles. The van der Waals surface area contributed by atoms with Crippen molar-refractivity contribution in [3.8, 4) is 0 Å². The van der Waals surface area contributed by atoms with Crippen molar-refractivity contribution in [2.45, 2.75) is 102 Å². The van der Waals surface area contributed by atoms with Gasteiger partial charge in [0.1, 0.15) is 36.8 Å². The summed E-state index contributed by atoms with van der Waals surface area (Å²) < 4.78 is 46.6. The van der Waals surface area contributed by atoms with E-state index < -0.39 is 67.9 Å². The fraction of sp³-hybridized carbons (Fsp3) is 0.944. The van der Waals surface area contributed by atoms with Crippen LogP contribution in [-0.4, -0.2) is 67.6 Å². The Hall–Kier alpha value is -0.563. The molecule has 0 aromatic rings. The molecule has 0 radical (unpaired) electrons. The summed E-state index contributed by atoms with van der Waals surface area (Å²) >= 11 is -1.93. The van der Waals surface area contributed by atoms with Gasteiger partial charge in [-0.1, -0.05) is 20.8 Å². The molecule has 29 heavy (non-hydrogen) atoms. The van der Waals surface area contributed by atoms with E-state index in [-0.39, 0.29) is 11.8 Å². The van der Waals surface area contributed by atoms with Crippen LogP contribution in [0.25, 0.3) is 0 Å². The number of rotatable bonds is 3. The predicted molar refractivity (Wildman–Crippen MR) is 108 cm³/mol. The zero-order valence-corrected chi connectivity index (χ0v) is 20.2. The largest absolute Gasteiger partial charge is 0.444 e. The molecule has 1 unspecified atom stereocenters. The molecule has 7 atom stereocenters. The van der Waals surface area contributed by atoms with Crippen LogP contribution in [0.2, 0.25) is 18.1 Å². The number of alkyl carbamates (subject to hydrolysis) is 1. The standard InChI is InChI=1S/C18H33NO8SSi/c1-17(2,3)24-16(20)19-10-11-15(26-28(21)25-11)14-13(22-9-23-14)12(10)27-29(7,8)18(4,5)6/h10-15H,9H2,1-8H3,(H,19,20)/t10-,11-,12-,13+,14+,15-,28?/m1/s1. The number of nitrogens with one attached hydrogen (secondary N) is 1. The van der Waals surface area contributed by atoms with Crippen LogP contribution in [0.1, 0.15) is 41.5 Å². The van der Waals surface area contributed by atoms with Gasteiger partial charge in [0, 0.05) is 0 Å². The summed E-state index contributed by atoms with van der Waals surface area (Å²) in [5.41, 5.74) is -0.667. The maximum atomic E-state index is 12.6. The number of hydrogen-bond acceptors (Lipinski definition) is 8. The Labute approximate surface area is 176 Å². The first-order chi connectivity index (χ1) is 13.2. The van der Waals surface area contributed by atoms with Gasteiger partial charge in [-0.05, 0) is 38.9 Å². The maximum absolute atomic E-state index is 12.6. The van der Waals surface area contributed by atoms with Crippen LogP contribution in [0.15, 0.2) is 0 Å². The number of fused-ring (bicyclic) bond motifs is 3. The topological polar surface area (TPSA) is 102 Å². The lowest BCUT2D eigenvalue weighted by Gasteiger charge is -2.47. The lowest BCUT2D eigenvalue weighted by atomic mass is 9.83. The molecule has 2 aliphatic heterocycles. The molecule has 168 valence electrons. The van der Waals surface area contributed by atoms with Crippen molar-refractivity contribution in [1.82, 2.24) is 5.32 Å². The minimum atomic E-state index is -2.25. The normalized spacial score (nSPS) is 37.7. The lowest BCUT2D eigenvalue weighted by Crippen LogP contribution is -2.69. The highest BCUT2D eigenvalue weighted by Gasteiger charge is 2.62. The summed E-state index contributed by atoms with van der Waals surface area (Å²) in [7, 11) is -2.25. The van der Waals surface area contributed by atoms with Gasteiger partial charge < -0.3 is 24.0 Å². The second-order valence-corrected chi connectivity index (χ2v) is 15.8. The zero-order chi connectivity index (χ0) is 21.8. The van der Waals surface area contributed by atoms with Gasteiger partial charge >= 0.3 is 17.5 Å². The number of amides is 1. The Morgan fingerprint density at radius 1 is 1.00 bits per heavy atom. The van der Waals surface area contributed by atoms with Crippen molar-refractivity contribution < 1.29 is 36.0 Å². The molecule has 3 rings (SSSR count). The summed E-state index contributed by atoms with van der Waals surface area (Å²) in [6.45, 7) is 16.1. The van der Waals surface area contributed by atoms with Crippen LogP contribution < -0.4 is 5.32 Å². The molecule has 1 saturated carbocycles. The fourth-order valence-electron chi connectivity index (χ4n) is 3.43. The van der Waals surface area contributed by atoms with Crippen molar-refractivity contribution in [3.05, 3.63) is 0 Å². The van der Waals surface area contributed by atoms with Crippen molar-refractivity contribution in [2.75, 3.05) is 6.79 Å². The van der Waals surface area contributed by atoms with Gasteiger partial charge in [0.2, 0.25) is 0 Å². The van der Waals surface area contributed by atoms with Crippen molar-refractivity contribution >= 4 is 25.8 Å². The Bertz CT molecular complexity index is 661. The predicted octanol–water partition coefficient (Wildman–Crippen LogP) is 2.39. The van der Waals surface area contributed by atoms with Crippen molar-refractivity contribution in [1.29, 1.82) is 0 Å². The summed E-state index contributed by atoms with van der Waals surface area (Å²) in [5.74, 6) is 0. The van der Waals surface area contributed by atoms with Crippen LogP contribution in [0, 0.1) is 0 Å². The van der Waals surface area contributed by atoms with E-state index in [1.165, 1.54) is 0 Å². The van der Waals surface area contributed by atoms with E-state index in [0.717, 1.165) is 0 Å². The molecule has 0 bridgehead atoms. The molecule has 0 aromatic carbocycles. The molecule has 2 heterocycles. The van der Waals surface area contributed by atoms with Gasteiger partial charge in [-0.15, -0.1) is 0 Å². The molecule has 9 nitrogen and oxygen atoms in total. The lowest BCUT2D eigenvalue weighted by molar-refractivity contribution is -0.101. The average Bonchev–Trinajstić information content (AvgIpc) is 3.13.